The van der Waals surface area contributed by atoms with E-state index in [1.54, 1.807) is 76.8 Å². The molecule has 0 spiro atoms. The van der Waals surface area contributed by atoms with Gasteiger partial charge in [-0.15, -0.1) is 0 Å². The molecule has 3 rings (SSSR count). The molecular weight excluding hydrogens is 399 g/mol. The van der Waals surface area contributed by atoms with Gasteiger partial charge < -0.3 is 17.0 Å². The number of rotatable bonds is 14. The van der Waals surface area contributed by atoms with Crippen molar-refractivity contribution in [3.63, 3.8) is 0 Å². The third-order valence-electron chi connectivity index (χ3n) is 8.16. The molecule has 0 N–H and O–H groups in total. The Hall–Kier alpha value is 0.910. The zero-order valence-corrected chi connectivity index (χ0v) is 20.2. The largest absolute Gasteiger partial charge is 1.00 e. The summed E-state index contributed by atoms with van der Waals surface area (Å²) in [4.78, 5) is 0. The minimum absolute atomic E-state index is 0. The molecule has 3 saturated carbocycles. The molecule has 0 bridgehead atoms. The summed E-state index contributed by atoms with van der Waals surface area (Å²) in [5.41, 5.74) is 3.75. The average molecular weight is 446 g/mol. The molecule has 26 heavy (non-hydrogen) atoms. The van der Waals surface area contributed by atoms with E-state index in [2.05, 4.69) is 6.92 Å². The van der Waals surface area contributed by atoms with Gasteiger partial charge in [-0.3, -0.25) is 0 Å². The van der Waals surface area contributed by atoms with Crippen molar-refractivity contribution in [2.45, 2.75) is 146 Å². The molecule has 0 saturated heterocycles. The van der Waals surface area contributed by atoms with Crippen molar-refractivity contribution in [2.75, 3.05) is 6.16 Å². The van der Waals surface area contributed by atoms with Crippen molar-refractivity contribution in [3.8, 4) is 0 Å². The van der Waals surface area contributed by atoms with Gasteiger partial charge in [0.25, 0.3) is 0 Å². The molecule has 2 heteroatoms. The third-order valence-corrected chi connectivity index (χ3v) is 14.9. The van der Waals surface area contributed by atoms with E-state index in [-0.39, 0.29) is 17.0 Å². The van der Waals surface area contributed by atoms with Gasteiger partial charge in [0, 0.05) is 7.26 Å². The average Bonchev–Trinajstić information content (AvgIpc) is 2.43. The number of hydrogen-bond acceptors (Lipinski definition) is 0. The Morgan fingerprint density at radius 1 is 0.538 bits per heavy atom. The first-order valence-electron chi connectivity index (χ1n) is 12.2. The van der Waals surface area contributed by atoms with Crippen molar-refractivity contribution in [2.24, 2.45) is 0 Å². The van der Waals surface area contributed by atoms with Crippen LogP contribution in [0.5, 0.6) is 0 Å². The van der Waals surface area contributed by atoms with Crippen LogP contribution in [0.15, 0.2) is 0 Å². The Bertz CT molecular complexity index is 321. The Labute approximate surface area is 176 Å². The predicted octanol–water partition coefficient (Wildman–Crippen LogP) is 5.59. The zero-order chi connectivity index (χ0) is 17.4. The van der Waals surface area contributed by atoms with Crippen molar-refractivity contribution in [1.29, 1.82) is 0 Å². The molecule has 0 radical (unpaired) electrons. The minimum atomic E-state index is -0.583. The van der Waals surface area contributed by atoms with Crippen LogP contribution in [0.1, 0.15) is 129 Å². The summed E-state index contributed by atoms with van der Waals surface area (Å²) in [5, 5.41) is 0. The lowest BCUT2D eigenvalue weighted by Gasteiger charge is -2.53. The molecular formula is C24H46BrP. The maximum atomic E-state index is 2.32. The molecule has 3 aliphatic carbocycles. The van der Waals surface area contributed by atoms with Crippen LogP contribution in [0.2, 0.25) is 0 Å². The highest BCUT2D eigenvalue weighted by Gasteiger charge is 2.60. The Morgan fingerprint density at radius 3 is 1.19 bits per heavy atom. The van der Waals surface area contributed by atoms with Crippen LogP contribution in [0.3, 0.4) is 0 Å². The van der Waals surface area contributed by atoms with Gasteiger partial charge in [-0.25, -0.2) is 0 Å². The maximum absolute atomic E-state index is 2.32. The Morgan fingerprint density at radius 2 is 0.885 bits per heavy atom. The molecule has 0 aromatic carbocycles. The summed E-state index contributed by atoms with van der Waals surface area (Å²) in [6, 6.07) is 0. The van der Waals surface area contributed by atoms with Crippen LogP contribution >= 0.6 is 7.26 Å². The van der Waals surface area contributed by atoms with Crippen LogP contribution < -0.4 is 17.0 Å². The summed E-state index contributed by atoms with van der Waals surface area (Å²) in [6.07, 6.45) is 31.3. The predicted molar refractivity (Wildman–Crippen MR) is 117 cm³/mol. The van der Waals surface area contributed by atoms with Crippen LogP contribution in [0.25, 0.3) is 0 Å². The highest BCUT2D eigenvalue weighted by molar-refractivity contribution is 7.78. The molecule has 0 aliphatic heterocycles. The fraction of sp³-hybridized carbons (Fsp3) is 1.00. The highest BCUT2D eigenvalue weighted by Crippen LogP contribution is 2.80. The Kier molecular flexibility index (Phi) is 11.1. The van der Waals surface area contributed by atoms with E-state index in [0.29, 0.717) is 0 Å². The fourth-order valence-corrected chi connectivity index (χ4v) is 13.6. The summed E-state index contributed by atoms with van der Waals surface area (Å²) < 4.78 is 0. The molecule has 0 amide bonds. The van der Waals surface area contributed by atoms with Gasteiger partial charge in [0.05, 0.1) is 23.1 Å². The van der Waals surface area contributed by atoms with E-state index in [9.17, 15) is 0 Å². The lowest BCUT2D eigenvalue weighted by molar-refractivity contribution is -0.00000540. The van der Waals surface area contributed by atoms with Gasteiger partial charge >= 0.3 is 0 Å². The molecule has 0 atom stereocenters. The lowest BCUT2D eigenvalue weighted by atomic mass is 9.97. The van der Waals surface area contributed by atoms with Crippen LogP contribution in [0, 0.1) is 0 Å². The van der Waals surface area contributed by atoms with Crippen molar-refractivity contribution < 1.29 is 17.0 Å². The first-order valence-corrected chi connectivity index (χ1v) is 14.4. The van der Waals surface area contributed by atoms with Crippen molar-refractivity contribution in [1.82, 2.24) is 0 Å². The summed E-state index contributed by atoms with van der Waals surface area (Å²) in [6.45, 7) is 2.32. The lowest BCUT2D eigenvalue weighted by Crippen LogP contribution is -3.00. The van der Waals surface area contributed by atoms with E-state index < -0.39 is 7.26 Å². The topological polar surface area (TPSA) is 0 Å². The van der Waals surface area contributed by atoms with Gasteiger partial charge in [0.2, 0.25) is 0 Å². The number of unbranched alkanes of at least 4 members (excludes halogenated alkanes) is 9. The molecule has 3 fully saturated rings. The molecule has 0 aromatic heterocycles. The normalized spacial score (nSPS) is 21.6. The molecule has 0 unspecified atom stereocenters. The monoisotopic (exact) mass is 444 g/mol. The van der Waals surface area contributed by atoms with Gasteiger partial charge in [0.1, 0.15) is 0 Å². The van der Waals surface area contributed by atoms with Crippen molar-refractivity contribution in [3.05, 3.63) is 0 Å². The SMILES string of the molecule is CCCCCCCCCCCC[P+](C1CCC1)(C1CCC1)C1CCC1.[Br-]. The standard InChI is InChI=1S/C24H46P.BrH/c1-2-3-4-5-6-7-8-9-10-11-21-25(22-15-12-16-22,23-17-13-18-23)24-19-14-20-24;/h22-24H,2-21H2,1H3;1H/q+1;/p-1. The summed E-state index contributed by atoms with van der Waals surface area (Å²) in [7, 11) is -0.583. The fourth-order valence-electron chi connectivity index (χ4n) is 5.92. The van der Waals surface area contributed by atoms with Crippen molar-refractivity contribution >= 4 is 7.26 Å². The second-order valence-corrected chi connectivity index (χ2v) is 14.3. The molecule has 0 nitrogen and oxygen atoms in total. The smallest absolute Gasteiger partial charge is 0.0703 e. The molecule has 0 heterocycles. The molecule has 0 aromatic rings. The number of hydrogen-bond donors (Lipinski definition) is 0. The van der Waals surface area contributed by atoms with Gasteiger partial charge in [0.15, 0.2) is 0 Å². The van der Waals surface area contributed by atoms with Gasteiger partial charge in [-0.2, -0.15) is 0 Å². The minimum Gasteiger partial charge on any atom is -1.00 e. The van der Waals surface area contributed by atoms with E-state index in [1.807, 2.05) is 0 Å². The zero-order valence-electron chi connectivity index (χ0n) is 17.7. The van der Waals surface area contributed by atoms with E-state index in [1.165, 1.54) is 68.3 Å². The van der Waals surface area contributed by atoms with E-state index in [0.717, 1.165) is 0 Å². The molecule has 3 aliphatic rings. The van der Waals surface area contributed by atoms with Crippen LogP contribution in [-0.4, -0.2) is 23.1 Å². The highest BCUT2D eigenvalue weighted by atomic mass is 79.9. The summed E-state index contributed by atoms with van der Waals surface area (Å²) >= 11 is 0. The first-order chi connectivity index (χ1) is 12.4. The third kappa shape index (κ3) is 5.72. The quantitative estimate of drug-likeness (QED) is 0.242. The second kappa shape index (κ2) is 12.5. The molecule has 154 valence electrons. The maximum Gasteiger partial charge on any atom is 0.0703 e. The number of halogens is 1. The van der Waals surface area contributed by atoms with Crippen LogP contribution in [0.4, 0.5) is 0 Å². The summed E-state index contributed by atoms with van der Waals surface area (Å²) in [5.74, 6) is 0. The first kappa shape index (κ1) is 23.2. The van der Waals surface area contributed by atoms with E-state index >= 15 is 0 Å². The Balaban J connectivity index is 0.00000243. The van der Waals surface area contributed by atoms with Gasteiger partial charge in [-0.05, 0) is 70.6 Å². The van der Waals surface area contributed by atoms with Gasteiger partial charge in [-0.1, -0.05) is 58.3 Å². The van der Waals surface area contributed by atoms with Crippen LogP contribution in [-0.2, 0) is 0 Å². The second-order valence-electron chi connectivity index (χ2n) is 9.65. The van der Waals surface area contributed by atoms with E-state index in [4.69, 9.17) is 0 Å².